The number of carbonyl (C=O) groups excluding carboxylic acids is 1. The number of nitrogens with one attached hydrogen (secondary N) is 1. The van der Waals surface area contributed by atoms with Crippen molar-refractivity contribution in [2.45, 2.75) is 13.8 Å². The summed E-state index contributed by atoms with van der Waals surface area (Å²) < 4.78 is 1.02. The maximum atomic E-state index is 12.2. The Morgan fingerprint density at radius 2 is 1.75 bits per heavy atom. The molecule has 2 aromatic carbocycles. The van der Waals surface area contributed by atoms with Crippen LogP contribution in [0.4, 0.5) is 5.69 Å². The summed E-state index contributed by atoms with van der Waals surface area (Å²) in [7, 11) is 0. The quantitative estimate of drug-likeness (QED) is 0.764. The number of fused-ring (bicyclic) bond motifs is 1. The molecule has 0 radical (unpaired) electrons. The lowest BCUT2D eigenvalue weighted by Crippen LogP contribution is -2.03. The van der Waals surface area contributed by atoms with E-state index in [2.05, 4.69) is 28.2 Å². The maximum Gasteiger partial charge on any atom is 0.256 e. The molecule has 0 aliphatic carbocycles. The van der Waals surface area contributed by atoms with Crippen molar-refractivity contribution in [3.8, 4) is 0 Å². The van der Waals surface area contributed by atoms with Gasteiger partial charge in [0.25, 0.3) is 5.91 Å². The standard InChI is InChI=1S/C17H14BrNO/c1-10-3-5-12(6-4-10)9-13-16-11(2)14(18)7-8-15(16)19-17(13)20/h3-9H,1-2H3,(H,19,20). The number of anilines is 1. The number of carbonyl (C=O) groups is 1. The fourth-order valence-corrected chi connectivity index (χ4v) is 2.74. The van der Waals surface area contributed by atoms with Crippen LogP contribution in [0.1, 0.15) is 22.3 Å². The minimum absolute atomic E-state index is 0.0400. The molecule has 0 spiro atoms. The van der Waals surface area contributed by atoms with Crippen LogP contribution in [0.15, 0.2) is 40.9 Å². The first-order valence-corrected chi connectivity index (χ1v) is 7.25. The number of amides is 1. The molecule has 0 saturated heterocycles. The Bertz CT molecular complexity index is 729. The fourth-order valence-electron chi connectivity index (χ4n) is 2.41. The SMILES string of the molecule is Cc1ccc(C=C2C(=O)Nc3ccc(Br)c(C)c32)cc1. The summed E-state index contributed by atoms with van der Waals surface area (Å²) in [4.78, 5) is 12.2. The average Bonchev–Trinajstić information content (AvgIpc) is 2.74. The summed E-state index contributed by atoms with van der Waals surface area (Å²) in [5, 5.41) is 2.92. The molecule has 20 heavy (non-hydrogen) atoms. The van der Waals surface area contributed by atoms with Gasteiger partial charge in [-0.05, 0) is 43.2 Å². The predicted molar refractivity (Wildman–Crippen MR) is 86.6 cm³/mol. The zero-order valence-corrected chi connectivity index (χ0v) is 12.9. The van der Waals surface area contributed by atoms with Crippen LogP contribution in [0.3, 0.4) is 0 Å². The number of aryl methyl sites for hydroxylation is 1. The van der Waals surface area contributed by atoms with Gasteiger partial charge in [-0.15, -0.1) is 0 Å². The first kappa shape index (κ1) is 13.1. The van der Waals surface area contributed by atoms with Crippen molar-refractivity contribution in [3.63, 3.8) is 0 Å². The number of halogens is 1. The van der Waals surface area contributed by atoms with E-state index in [1.165, 1.54) is 5.56 Å². The molecular weight excluding hydrogens is 314 g/mol. The molecular formula is C17H14BrNO. The van der Waals surface area contributed by atoms with Crippen molar-refractivity contribution < 1.29 is 4.79 Å². The molecule has 1 heterocycles. The number of hydrogen-bond acceptors (Lipinski definition) is 1. The first-order valence-electron chi connectivity index (χ1n) is 6.45. The lowest BCUT2D eigenvalue weighted by atomic mass is 9.99. The highest BCUT2D eigenvalue weighted by Crippen LogP contribution is 2.38. The predicted octanol–water partition coefficient (Wildman–Crippen LogP) is 4.56. The highest BCUT2D eigenvalue weighted by molar-refractivity contribution is 9.10. The zero-order valence-electron chi connectivity index (χ0n) is 11.3. The molecule has 1 N–H and O–H groups in total. The summed E-state index contributed by atoms with van der Waals surface area (Å²) in [6.45, 7) is 4.07. The van der Waals surface area contributed by atoms with E-state index in [0.717, 1.165) is 32.4 Å². The topological polar surface area (TPSA) is 29.1 Å². The normalized spacial score (nSPS) is 15.3. The van der Waals surface area contributed by atoms with Crippen LogP contribution in [0, 0.1) is 13.8 Å². The van der Waals surface area contributed by atoms with Gasteiger partial charge >= 0.3 is 0 Å². The van der Waals surface area contributed by atoms with Crippen molar-refractivity contribution in [3.05, 3.63) is 63.1 Å². The highest BCUT2D eigenvalue weighted by Gasteiger charge is 2.26. The average molecular weight is 328 g/mol. The zero-order chi connectivity index (χ0) is 14.3. The van der Waals surface area contributed by atoms with Crippen LogP contribution >= 0.6 is 15.9 Å². The summed E-state index contributed by atoms with van der Waals surface area (Å²) in [6, 6.07) is 12.0. The smallest absolute Gasteiger partial charge is 0.256 e. The highest BCUT2D eigenvalue weighted by atomic mass is 79.9. The Balaban J connectivity index is 2.14. The van der Waals surface area contributed by atoms with Gasteiger partial charge in [0.15, 0.2) is 0 Å². The van der Waals surface area contributed by atoms with Gasteiger partial charge < -0.3 is 5.32 Å². The molecule has 1 aliphatic heterocycles. The molecule has 2 nitrogen and oxygen atoms in total. The third kappa shape index (κ3) is 2.18. The van der Waals surface area contributed by atoms with Gasteiger partial charge in [-0.1, -0.05) is 45.8 Å². The first-order chi connectivity index (χ1) is 9.56. The van der Waals surface area contributed by atoms with Crippen molar-refractivity contribution in [1.29, 1.82) is 0 Å². The minimum Gasteiger partial charge on any atom is -0.321 e. The van der Waals surface area contributed by atoms with E-state index >= 15 is 0 Å². The van der Waals surface area contributed by atoms with E-state index < -0.39 is 0 Å². The number of benzene rings is 2. The third-order valence-corrected chi connectivity index (χ3v) is 4.41. The molecule has 100 valence electrons. The summed E-state index contributed by atoms with van der Waals surface area (Å²) in [5.74, 6) is -0.0400. The molecule has 3 heteroatoms. The molecule has 0 aromatic heterocycles. The van der Waals surface area contributed by atoms with E-state index in [-0.39, 0.29) is 5.91 Å². The van der Waals surface area contributed by atoms with Crippen LogP contribution in [0.5, 0.6) is 0 Å². The van der Waals surface area contributed by atoms with E-state index in [4.69, 9.17) is 0 Å². The molecule has 0 atom stereocenters. The monoisotopic (exact) mass is 327 g/mol. The third-order valence-electron chi connectivity index (χ3n) is 3.55. The van der Waals surface area contributed by atoms with Gasteiger partial charge in [0.05, 0.1) is 0 Å². The van der Waals surface area contributed by atoms with Crippen molar-refractivity contribution in [1.82, 2.24) is 0 Å². The second-order valence-electron chi connectivity index (χ2n) is 5.02. The molecule has 3 rings (SSSR count). The van der Waals surface area contributed by atoms with Gasteiger partial charge in [0.1, 0.15) is 0 Å². The summed E-state index contributed by atoms with van der Waals surface area (Å²) >= 11 is 3.52. The molecule has 1 aliphatic rings. The number of rotatable bonds is 1. The van der Waals surface area contributed by atoms with E-state index in [0.29, 0.717) is 0 Å². The summed E-state index contributed by atoms with van der Waals surface area (Å²) in [6.07, 6.45) is 1.94. The van der Waals surface area contributed by atoms with Gasteiger partial charge in [0, 0.05) is 21.3 Å². The Labute approximate surface area is 126 Å². The van der Waals surface area contributed by atoms with Crippen LogP contribution < -0.4 is 5.32 Å². The van der Waals surface area contributed by atoms with Crippen LogP contribution in [0.2, 0.25) is 0 Å². The van der Waals surface area contributed by atoms with Gasteiger partial charge in [-0.25, -0.2) is 0 Å². The van der Waals surface area contributed by atoms with Crippen LogP contribution in [0.25, 0.3) is 11.6 Å². The lowest BCUT2D eigenvalue weighted by Gasteiger charge is -2.06. The number of hydrogen-bond donors (Lipinski definition) is 1. The summed E-state index contributed by atoms with van der Waals surface area (Å²) in [5.41, 5.74) is 5.93. The Morgan fingerprint density at radius 1 is 1.05 bits per heavy atom. The van der Waals surface area contributed by atoms with Crippen molar-refractivity contribution in [2.24, 2.45) is 0 Å². The van der Waals surface area contributed by atoms with E-state index in [1.54, 1.807) is 0 Å². The molecule has 0 unspecified atom stereocenters. The second kappa shape index (κ2) is 4.91. The molecule has 1 amide bonds. The van der Waals surface area contributed by atoms with E-state index in [1.807, 2.05) is 49.4 Å². The second-order valence-corrected chi connectivity index (χ2v) is 5.87. The van der Waals surface area contributed by atoms with Crippen LogP contribution in [-0.2, 0) is 4.79 Å². The fraction of sp³-hybridized carbons (Fsp3) is 0.118. The van der Waals surface area contributed by atoms with E-state index in [9.17, 15) is 4.79 Å². The van der Waals surface area contributed by atoms with Crippen molar-refractivity contribution >= 4 is 39.2 Å². The minimum atomic E-state index is -0.0400. The maximum absolute atomic E-state index is 12.2. The molecule has 0 bridgehead atoms. The van der Waals surface area contributed by atoms with Crippen molar-refractivity contribution in [2.75, 3.05) is 5.32 Å². The van der Waals surface area contributed by atoms with Gasteiger partial charge in [0.2, 0.25) is 0 Å². The largest absolute Gasteiger partial charge is 0.321 e. The van der Waals surface area contributed by atoms with Gasteiger partial charge in [-0.3, -0.25) is 4.79 Å². The molecule has 0 fully saturated rings. The Morgan fingerprint density at radius 3 is 2.45 bits per heavy atom. The van der Waals surface area contributed by atoms with Gasteiger partial charge in [-0.2, -0.15) is 0 Å². The Kier molecular flexibility index (Phi) is 3.22. The Hall–Kier alpha value is -1.87. The molecule has 2 aromatic rings. The van der Waals surface area contributed by atoms with Crippen LogP contribution in [-0.4, -0.2) is 5.91 Å². The lowest BCUT2D eigenvalue weighted by molar-refractivity contribution is -0.110. The molecule has 0 saturated carbocycles.